The molecule has 3 rings (SSSR count). The zero-order chi connectivity index (χ0) is 13.8. The van der Waals surface area contributed by atoms with E-state index < -0.39 is 6.04 Å². The molecule has 0 aliphatic carbocycles. The van der Waals surface area contributed by atoms with Crippen LogP contribution in [0.1, 0.15) is 17.4 Å². The number of hydrogen-bond donors (Lipinski definition) is 2. The number of H-pyrrole nitrogens is 1. The smallest absolute Gasteiger partial charge is 0.154 e. The summed E-state index contributed by atoms with van der Waals surface area (Å²) in [6.07, 6.45) is 4.48. The van der Waals surface area contributed by atoms with Gasteiger partial charge >= 0.3 is 0 Å². The lowest BCUT2D eigenvalue weighted by Gasteiger charge is -2.08. The second kappa shape index (κ2) is 5.64. The second-order valence-corrected chi connectivity index (χ2v) is 4.64. The summed E-state index contributed by atoms with van der Waals surface area (Å²) in [7, 11) is 0. The molecule has 0 bridgehead atoms. The number of para-hydroxylation sites is 1. The van der Waals surface area contributed by atoms with Crippen molar-refractivity contribution in [2.45, 2.75) is 12.5 Å². The Labute approximate surface area is 117 Å². The Kier molecular flexibility index (Phi) is 3.53. The molecule has 0 saturated carbocycles. The van der Waals surface area contributed by atoms with E-state index in [0.29, 0.717) is 5.76 Å². The average molecular weight is 265 g/mol. The van der Waals surface area contributed by atoms with Crippen LogP contribution in [-0.4, -0.2) is 11.5 Å². The van der Waals surface area contributed by atoms with Crippen LogP contribution in [0.4, 0.5) is 0 Å². The fraction of sp³-hybridized carbons (Fsp3) is 0.188. The summed E-state index contributed by atoms with van der Waals surface area (Å²) in [5.74, 6) is 0.659. The lowest BCUT2D eigenvalue weighted by Crippen LogP contribution is -2.22. The minimum absolute atomic E-state index is 0.393. The summed E-state index contributed by atoms with van der Waals surface area (Å²) >= 11 is 0. The number of furan rings is 1. The van der Waals surface area contributed by atoms with E-state index in [1.54, 1.807) is 12.3 Å². The Balaban J connectivity index is 1.64. The van der Waals surface area contributed by atoms with Crippen LogP contribution < -0.4 is 5.32 Å². The van der Waals surface area contributed by atoms with Crippen LogP contribution in [0.3, 0.4) is 0 Å². The maximum atomic E-state index is 9.15. The highest BCUT2D eigenvalue weighted by Gasteiger charge is 2.12. The largest absolute Gasteiger partial charge is 0.467 e. The molecule has 1 unspecified atom stereocenters. The number of benzene rings is 1. The minimum Gasteiger partial charge on any atom is -0.467 e. The molecular formula is C16H15N3O. The fourth-order valence-corrected chi connectivity index (χ4v) is 2.36. The molecule has 0 fully saturated rings. The standard InChI is InChI=1S/C16H15N3O/c17-10-15(16-6-3-9-20-16)18-8-7-12-11-19-14-5-2-1-4-13(12)14/h1-6,9,11,15,18-19H,7-8H2. The van der Waals surface area contributed by atoms with Gasteiger partial charge in [-0.1, -0.05) is 18.2 Å². The molecule has 4 nitrogen and oxygen atoms in total. The van der Waals surface area contributed by atoms with Crippen molar-refractivity contribution < 1.29 is 4.42 Å². The van der Waals surface area contributed by atoms with E-state index in [4.69, 9.17) is 9.68 Å². The number of rotatable bonds is 5. The highest BCUT2D eigenvalue weighted by molar-refractivity contribution is 5.83. The lowest BCUT2D eigenvalue weighted by molar-refractivity contribution is 0.459. The Morgan fingerprint density at radius 2 is 2.15 bits per heavy atom. The lowest BCUT2D eigenvalue weighted by atomic mass is 10.1. The Hall–Kier alpha value is -2.51. The van der Waals surface area contributed by atoms with E-state index in [2.05, 4.69) is 28.5 Å². The number of nitrogens with one attached hydrogen (secondary N) is 2. The van der Waals surface area contributed by atoms with Gasteiger partial charge in [0.05, 0.1) is 12.3 Å². The van der Waals surface area contributed by atoms with Crippen LogP contribution in [0.25, 0.3) is 10.9 Å². The SMILES string of the molecule is N#CC(NCCc1c[nH]c2ccccc12)c1ccco1. The number of aromatic amines is 1. The highest BCUT2D eigenvalue weighted by atomic mass is 16.3. The maximum Gasteiger partial charge on any atom is 0.154 e. The van der Waals surface area contributed by atoms with Crippen LogP contribution in [0.15, 0.2) is 53.3 Å². The average Bonchev–Trinajstić information content (AvgIpc) is 3.14. The van der Waals surface area contributed by atoms with Crippen molar-refractivity contribution in [3.8, 4) is 6.07 Å². The van der Waals surface area contributed by atoms with Crippen LogP contribution in [0.2, 0.25) is 0 Å². The number of nitriles is 1. The molecule has 0 amide bonds. The number of nitrogens with zero attached hydrogens (tertiary/aromatic N) is 1. The Morgan fingerprint density at radius 3 is 2.95 bits per heavy atom. The Morgan fingerprint density at radius 1 is 1.25 bits per heavy atom. The van der Waals surface area contributed by atoms with Gasteiger partial charge < -0.3 is 9.40 Å². The van der Waals surface area contributed by atoms with Gasteiger partial charge in [0.15, 0.2) is 6.04 Å². The molecule has 0 radical (unpaired) electrons. The quantitative estimate of drug-likeness (QED) is 0.744. The normalized spacial score (nSPS) is 12.3. The molecule has 4 heteroatoms. The molecule has 2 aromatic heterocycles. The molecule has 0 spiro atoms. The van der Waals surface area contributed by atoms with Crippen LogP contribution >= 0.6 is 0 Å². The summed E-state index contributed by atoms with van der Waals surface area (Å²) < 4.78 is 5.25. The van der Waals surface area contributed by atoms with Gasteiger partial charge in [0.1, 0.15) is 5.76 Å². The van der Waals surface area contributed by atoms with Gasteiger partial charge in [0.25, 0.3) is 0 Å². The summed E-state index contributed by atoms with van der Waals surface area (Å²) in [4.78, 5) is 3.26. The highest BCUT2D eigenvalue weighted by Crippen LogP contribution is 2.18. The van der Waals surface area contributed by atoms with Crippen molar-refractivity contribution in [1.82, 2.24) is 10.3 Å². The second-order valence-electron chi connectivity index (χ2n) is 4.64. The van der Waals surface area contributed by atoms with E-state index >= 15 is 0 Å². The number of aromatic nitrogens is 1. The molecule has 2 heterocycles. The molecule has 0 aliphatic heterocycles. The van der Waals surface area contributed by atoms with Crippen molar-refractivity contribution in [1.29, 1.82) is 5.26 Å². The van der Waals surface area contributed by atoms with Crippen molar-refractivity contribution >= 4 is 10.9 Å². The predicted octanol–water partition coefficient (Wildman–Crippen LogP) is 3.16. The third-order valence-electron chi connectivity index (χ3n) is 3.37. The molecule has 100 valence electrons. The predicted molar refractivity (Wildman–Crippen MR) is 77.1 cm³/mol. The molecule has 0 aliphatic rings. The first-order valence-electron chi connectivity index (χ1n) is 6.60. The summed E-state index contributed by atoms with van der Waals surface area (Å²) in [6.45, 7) is 0.723. The molecule has 1 atom stereocenters. The molecule has 3 aromatic rings. The van der Waals surface area contributed by atoms with Crippen molar-refractivity contribution in [3.63, 3.8) is 0 Å². The molecular weight excluding hydrogens is 250 g/mol. The zero-order valence-corrected chi connectivity index (χ0v) is 11.0. The van der Waals surface area contributed by atoms with Crippen molar-refractivity contribution in [3.05, 3.63) is 60.2 Å². The fourth-order valence-electron chi connectivity index (χ4n) is 2.36. The molecule has 2 N–H and O–H groups in total. The van der Waals surface area contributed by atoms with Crippen LogP contribution in [-0.2, 0) is 6.42 Å². The van der Waals surface area contributed by atoms with Crippen molar-refractivity contribution in [2.75, 3.05) is 6.54 Å². The zero-order valence-electron chi connectivity index (χ0n) is 11.0. The third kappa shape index (κ3) is 2.44. The van der Waals surface area contributed by atoms with E-state index in [-0.39, 0.29) is 0 Å². The molecule has 1 aromatic carbocycles. The first-order valence-corrected chi connectivity index (χ1v) is 6.60. The summed E-state index contributed by atoms with van der Waals surface area (Å²) in [6, 6.07) is 13.6. The monoisotopic (exact) mass is 265 g/mol. The number of fused-ring (bicyclic) bond motifs is 1. The van der Waals surface area contributed by atoms with Gasteiger partial charge in [-0.25, -0.2) is 0 Å². The van der Waals surface area contributed by atoms with Gasteiger partial charge in [0, 0.05) is 23.6 Å². The van der Waals surface area contributed by atoms with E-state index in [1.165, 1.54) is 10.9 Å². The van der Waals surface area contributed by atoms with E-state index in [9.17, 15) is 0 Å². The first-order chi connectivity index (χ1) is 9.88. The van der Waals surface area contributed by atoms with Gasteiger partial charge in [-0.15, -0.1) is 0 Å². The summed E-state index contributed by atoms with van der Waals surface area (Å²) in [5.41, 5.74) is 2.40. The number of hydrogen-bond acceptors (Lipinski definition) is 3. The van der Waals surface area contributed by atoms with Gasteiger partial charge in [0.2, 0.25) is 0 Å². The van der Waals surface area contributed by atoms with Crippen molar-refractivity contribution in [2.24, 2.45) is 0 Å². The van der Waals surface area contributed by atoms with Crippen LogP contribution in [0, 0.1) is 11.3 Å². The maximum absolute atomic E-state index is 9.15. The van der Waals surface area contributed by atoms with Gasteiger partial charge in [-0.05, 0) is 30.2 Å². The minimum atomic E-state index is -0.393. The van der Waals surface area contributed by atoms with Gasteiger partial charge in [-0.2, -0.15) is 5.26 Å². The van der Waals surface area contributed by atoms with E-state index in [1.807, 2.05) is 24.4 Å². The topological polar surface area (TPSA) is 64.8 Å². The first kappa shape index (κ1) is 12.5. The Bertz CT molecular complexity index is 722. The third-order valence-corrected chi connectivity index (χ3v) is 3.37. The van der Waals surface area contributed by atoms with Gasteiger partial charge in [-0.3, -0.25) is 5.32 Å². The van der Waals surface area contributed by atoms with Crippen LogP contribution in [0.5, 0.6) is 0 Å². The van der Waals surface area contributed by atoms with E-state index in [0.717, 1.165) is 18.5 Å². The molecule has 20 heavy (non-hydrogen) atoms. The summed E-state index contributed by atoms with van der Waals surface area (Å²) in [5, 5.41) is 13.6. The molecule has 0 saturated heterocycles.